The molecule has 2 fully saturated rings. The highest BCUT2D eigenvalue weighted by atomic mass is 16.5. The van der Waals surface area contributed by atoms with Gasteiger partial charge in [-0.25, -0.2) is 0 Å². The molecule has 2 N–H and O–H groups in total. The van der Waals surface area contributed by atoms with Crippen LogP contribution in [0.15, 0.2) is 60.7 Å². The molecular weight excluding hydrogens is 386 g/mol. The molecule has 5 nitrogen and oxygen atoms in total. The van der Waals surface area contributed by atoms with E-state index in [9.17, 15) is 4.79 Å². The molecule has 162 valence electrons. The van der Waals surface area contributed by atoms with Crippen molar-refractivity contribution in [3.8, 4) is 0 Å². The van der Waals surface area contributed by atoms with Gasteiger partial charge in [0.15, 0.2) is 0 Å². The highest BCUT2D eigenvalue weighted by Gasteiger charge is 2.43. The topological polar surface area (TPSA) is 57.4 Å². The molecule has 2 aromatic carbocycles. The summed E-state index contributed by atoms with van der Waals surface area (Å²) in [6, 6.07) is 21.3. The van der Waals surface area contributed by atoms with Crippen LogP contribution in [0, 0.1) is 0 Å². The number of carbonyl (C=O) groups is 1. The summed E-state index contributed by atoms with van der Waals surface area (Å²) in [6.07, 6.45) is 4.31. The van der Waals surface area contributed by atoms with Gasteiger partial charge in [-0.2, -0.15) is 0 Å². The highest BCUT2D eigenvalue weighted by Crippen LogP contribution is 2.33. The molecule has 1 aromatic heterocycles. The number of nitrogens with zero attached hydrogens (tertiary/aromatic N) is 1. The second-order valence-electron chi connectivity index (χ2n) is 8.96. The van der Waals surface area contributed by atoms with Crippen LogP contribution >= 0.6 is 0 Å². The van der Waals surface area contributed by atoms with Crippen LogP contribution in [0.5, 0.6) is 0 Å². The maximum absolute atomic E-state index is 13.4. The number of aromatic nitrogens is 1. The van der Waals surface area contributed by atoms with Gasteiger partial charge in [0.25, 0.3) is 5.91 Å². The van der Waals surface area contributed by atoms with Crippen LogP contribution in [0.2, 0.25) is 0 Å². The van der Waals surface area contributed by atoms with Crippen LogP contribution in [0.1, 0.15) is 48.7 Å². The summed E-state index contributed by atoms with van der Waals surface area (Å²) in [5.41, 5.74) is 2.91. The summed E-state index contributed by atoms with van der Waals surface area (Å²) >= 11 is 0. The summed E-state index contributed by atoms with van der Waals surface area (Å²) in [5, 5.41) is 5.01. The first-order valence-electron chi connectivity index (χ1n) is 11.5. The lowest BCUT2D eigenvalue weighted by Gasteiger charge is -2.47. The van der Waals surface area contributed by atoms with Gasteiger partial charge in [-0.3, -0.25) is 4.79 Å². The molecule has 0 spiro atoms. The fraction of sp³-hybridized carbons (Fsp3) is 0.423. The quantitative estimate of drug-likeness (QED) is 0.623. The average molecular weight is 418 g/mol. The Morgan fingerprint density at radius 1 is 1.13 bits per heavy atom. The Balaban J connectivity index is 1.31. The van der Waals surface area contributed by atoms with Crippen LogP contribution in [-0.4, -0.2) is 47.6 Å². The van der Waals surface area contributed by atoms with Gasteiger partial charge in [0.1, 0.15) is 5.69 Å². The van der Waals surface area contributed by atoms with E-state index in [1.165, 1.54) is 5.56 Å². The van der Waals surface area contributed by atoms with Gasteiger partial charge < -0.3 is 19.9 Å². The Labute approximate surface area is 183 Å². The predicted molar refractivity (Wildman–Crippen MR) is 123 cm³/mol. The number of amides is 1. The Morgan fingerprint density at radius 2 is 1.90 bits per heavy atom. The number of ether oxygens (including phenoxy) is 1. The molecule has 1 aliphatic heterocycles. The molecule has 0 bridgehead atoms. The van der Waals surface area contributed by atoms with Crippen molar-refractivity contribution >= 4 is 16.8 Å². The monoisotopic (exact) mass is 417 g/mol. The third kappa shape index (κ3) is 3.88. The first-order valence-corrected chi connectivity index (χ1v) is 11.5. The van der Waals surface area contributed by atoms with Crippen LogP contribution in [0.25, 0.3) is 10.9 Å². The zero-order valence-electron chi connectivity index (χ0n) is 18.1. The SMILES string of the molecule is CCN(C(=O)c1cc2ccccc2[nH]1)[C@H]1CCC[C@@H](NC2(c3ccccc3)COC2)C1. The van der Waals surface area contributed by atoms with Gasteiger partial charge >= 0.3 is 0 Å². The summed E-state index contributed by atoms with van der Waals surface area (Å²) in [7, 11) is 0. The fourth-order valence-corrected chi connectivity index (χ4v) is 5.28. The minimum atomic E-state index is -0.0912. The summed E-state index contributed by atoms with van der Waals surface area (Å²) in [4.78, 5) is 18.8. The van der Waals surface area contributed by atoms with E-state index in [-0.39, 0.29) is 17.5 Å². The van der Waals surface area contributed by atoms with E-state index in [1.807, 2.05) is 30.3 Å². The van der Waals surface area contributed by atoms with E-state index in [0.29, 0.717) is 24.9 Å². The smallest absolute Gasteiger partial charge is 0.270 e. The van der Waals surface area contributed by atoms with E-state index in [4.69, 9.17) is 4.74 Å². The van der Waals surface area contributed by atoms with Crippen LogP contribution < -0.4 is 5.32 Å². The molecule has 31 heavy (non-hydrogen) atoms. The number of carbonyl (C=O) groups excluding carboxylic acids is 1. The van der Waals surface area contributed by atoms with E-state index >= 15 is 0 Å². The summed E-state index contributed by atoms with van der Waals surface area (Å²) in [5.74, 6) is 0.106. The summed E-state index contributed by atoms with van der Waals surface area (Å²) in [6.45, 7) is 4.23. The van der Waals surface area contributed by atoms with Crippen molar-refractivity contribution in [2.24, 2.45) is 0 Å². The standard InChI is InChI=1S/C26H31N3O2/c1-2-29(25(30)24-15-19-9-6-7-14-23(19)27-24)22-13-8-12-21(16-22)28-26(17-31-18-26)20-10-4-3-5-11-20/h3-7,9-11,14-15,21-22,27-28H,2,8,12-13,16-18H2,1H3/t21-,22+/m1/s1. The maximum Gasteiger partial charge on any atom is 0.270 e. The van der Waals surface area contributed by atoms with Crippen LogP contribution in [0.3, 0.4) is 0 Å². The first kappa shape index (κ1) is 20.3. The van der Waals surface area contributed by atoms with E-state index in [2.05, 4.69) is 52.5 Å². The Bertz CT molecular complexity index is 1010. The minimum Gasteiger partial charge on any atom is -0.377 e. The third-order valence-electron chi connectivity index (χ3n) is 6.95. The highest BCUT2D eigenvalue weighted by molar-refractivity contribution is 5.98. The first-order chi connectivity index (χ1) is 15.2. The van der Waals surface area contributed by atoms with Gasteiger partial charge in [0.05, 0.1) is 18.8 Å². The number of aromatic amines is 1. The number of hydrogen-bond acceptors (Lipinski definition) is 3. The Kier molecular flexibility index (Phi) is 5.55. The zero-order chi connectivity index (χ0) is 21.3. The van der Waals surface area contributed by atoms with Crippen molar-refractivity contribution in [3.63, 3.8) is 0 Å². The van der Waals surface area contributed by atoms with Gasteiger partial charge in [-0.05, 0) is 50.3 Å². The molecule has 1 saturated heterocycles. The molecule has 2 heterocycles. The summed E-state index contributed by atoms with van der Waals surface area (Å²) < 4.78 is 5.62. The lowest BCUT2D eigenvalue weighted by molar-refractivity contribution is -0.0869. The van der Waals surface area contributed by atoms with Crippen molar-refractivity contribution in [1.29, 1.82) is 0 Å². The molecule has 2 atom stereocenters. The molecule has 0 unspecified atom stereocenters. The normalized spacial score (nSPS) is 22.7. The number of H-pyrrole nitrogens is 1. The van der Waals surface area contributed by atoms with Crippen LogP contribution in [-0.2, 0) is 10.3 Å². The van der Waals surface area contributed by atoms with Gasteiger partial charge in [-0.15, -0.1) is 0 Å². The molecule has 5 rings (SSSR count). The van der Waals surface area contributed by atoms with Gasteiger partial charge in [0.2, 0.25) is 0 Å². The number of para-hydroxylation sites is 1. The van der Waals surface area contributed by atoms with Crippen molar-refractivity contribution in [2.45, 2.75) is 50.2 Å². The second kappa shape index (κ2) is 8.48. The minimum absolute atomic E-state index is 0.0912. The van der Waals surface area contributed by atoms with Crippen LogP contribution in [0.4, 0.5) is 0 Å². The number of nitrogens with one attached hydrogen (secondary N) is 2. The predicted octanol–water partition coefficient (Wildman–Crippen LogP) is 4.46. The number of fused-ring (bicyclic) bond motifs is 1. The largest absolute Gasteiger partial charge is 0.377 e. The Hall–Kier alpha value is -2.63. The molecular formula is C26H31N3O2. The van der Waals surface area contributed by atoms with E-state index < -0.39 is 0 Å². The maximum atomic E-state index is 13.4. The Morgan fingerprint density at radius 3 is 2.61 bits per heavy atom. The van der Waals surface area contributed by atoms with E-state index in [1.54, 1.807) is 0 Å². The molecule has 1 aliphatic carbocycles. The number of hydrogen-bond donors (Lipinski definition) is 2. The molecule has 5 heteroatoms. The van der Waals surface area contributed by atoms with Crippen molar-refractivity contribution in [2.75, 3.05) is 19.8 Å². The van der Waals surface area contributed by atoms with Crippen molar-refractivity contribution < 1.29 is 9.53 Å². The number of rotatable bonds is 6. The molecule has 3 aromatic rings. The van der Waals surface area contributed by atoms with Crippen molar-refractivity contribution in [1.82, 2.24) is 15.2 Å². The molecule has 1 saturated carbocycles. The molecule has 1 amide bonds. The van der Waals surface area contributed by atoms with Crippen molar-refractivity contribution in [3.05, 3.63) is 71.9 Å². The van der Waals surface area contributed by atoms with Gasteiger partial charge in [-0.1, -0.05) is 48.5 Å². The second-order valence-corrected chi connectivity index (χ2v) is 8.96. The van der Waals surface area contributed by atoms with Gasteiger partial charge in [0, 0.05) is 29.5 Å². The lowest BCUT2D eigenvalue weighted by atomic mass is 9.83. The fourth-order valence-electron chi connectivity index (χ4n) is 5.28. The van der Waals surface area contributed by atoms with E-state index in [0.717, 1.165) is 43.1 Å². The molecule has 2 aliphatic rings. The third-order valence-corrected chi connectivity index (χ3v) is 6.95. The number of benzene rings is 2. The molecule has 0 radical (unpaired) electrons. The zero-order valence-corrected chi connectivity index (χ0v) is 18.1. The lowest BCUT2D eigenvalue weighted by Crippen LogP contribution is -2.61. The average Bonchev–Trinajstić information content (AvgIpc) is 3.22.